The smallest absolute Gasteiger partial charge is 0.328 e. The zero-order valence-electron chi connectivity index (χ0n) is 9.07. The summed E-state index contributed by atoms with van der Waals surface area (Å²) in [6.07, 6.45) is 0.578. The zero-order chi connectivity index (χ0) is 12.4. The maximum Gasteiger partial charge on any atom is 0.328 e. The van der Waals surface area contributed by atoms with E-state index < -0.39 is 5.69 Å². The number of halogens is 1. The molecule has 3 N–H and O–H groups in total. The molecule has 0 spiro atoms. The molecule has 0 saturated carbocycles. The minimum atomic E-state index is -0.418. The minimum absolute atomic E-state index is 0.313. The third kappa shape index (κ3) is 2.25. The Morgan fingerprint density at radius 1 is 1.35 bits per heavy atom. The van der Waals surface area contributed by atoms with Crippen LogP contribution in [-0.4, -0.2) is 16.1 Å². The predicted molar refractivity (Wildman–Crippen MR) is 67.5 cm³/mol. The van der Waals surface area contributed by atoms with Crippen molar-refractivity contribution in [3.63, 3.8) is 0 Å². The van der Waals surface area contributed by atoms with E-state index in [1.165, 1.54) is 0 Å². The number of aromatic nitrogens is 2. The van der Waals surface area contributed by atoms with E-state index in [2.05, 4.69) is 4.98 Å². The van der Waals surface area contributed by atoms with Gasteiger partial charge in [-0.1, -0.05) is 11.6 Å². The van der Waals surface area contributed by atoms with E-state index in [-0.39, 0.29) is 5.56 Å². The number of nitrogens with zero attached hydrogens (tertiary/aromatic N) is 1. The lowest BCUT2D eigenvalue weighted by atomic mass is 10.2. The largest absolute Gasteiger partial charge is 0.330 e. The lowest BCUT2D eigenvalue weighted by Crippen LogP contribution is -2.35. The van der Waals surface area contributed by atoms with Gasteiger partial charge in [0.1, 0.15) is 0 Å². The van der Waals surface area contributed by atoms with Gasteiger partial charge in [-0.15, -0.1) is 0 Å². The summed E-state index contributed by atoms with van der Waals surface area (Å²) in [5.74, 6) is 0. The highest BCUT2D eigenvalue weighted by atomic mass is 35.5. The van der Waals surface area contributed by atoms with Gasteiger partial charge in [0.15, 0.2) is 0 Å². The number of H-pyrrole nitrogens is 1. The average Bonchev–Trinajstić information content (AvgIpc) is 2.30. The third-order valence-corrected chi connectivity index (χ3v) is 2.76. The monoisotopic (exact) mass is 253 g/mol. The molecule has 0 radical (unpaired) electrons. The number of hydrogen-bond donors (Lipinski definition) is 2. The summed E-state index contributed by atoms with van der Waals surface area (Å²) in [5.41, 5.74) is 5.11. The molecule has 6 heteroatoms. The maximum absolute atomic E-state index is 12.1. The van der Waals surface area contributed by atoms with Crippen LogP contribution >= 0.6 is 11.6 Å². The summed E-state index contributed by atoms with van der Waals surface area (Å²) in [5, 5.41) is 0.876. The van der Waals surface area contributed by atoms with Crippen LogP contribution in [0, 0.1) is 0 Å². The quantitative estimate of drug-likeness (QED) is 0.845. The topological polar surface area (TPSA) is 80.9 Å². The summed E-state index contributed by atoms with van der Waals surface area (Å²) in [4.78, 5) is 26.4. The summed E-state index contributed by atoms with van der Waals surface area (Å²) >= 11 is 5.83. The molecule has 1 aromatic heterocycles. The van der Waals surface area contributed by atoms with Crippen LogP contribution in [0.15, 0.2) is 27.8 Å². The average molecular weight is 254 g/mol. The van der Waals surface area contributed by atoms with Crippen molar-refractivity contribution >= 4 is 22.5 Å². The molecule has 0 aliphatic rings. The van der Waals surface area contributed by atoms with Crippen LogP contribution in [-0.2, 0) is 6.54 Å². The van der Waals surface area contributed by atoms with Crippen LogP contribution in [0.2, 0.25) is 5.02 Å². The first-order valence-electron chi connectivity index (χ1n) is 5.26. The van der Waals surface area contributed by atoms with Gasteiger partial charge >= 0.3 is 5.69 Å². The first-order valence-corrected chi connectivity index (χ1v) is 5.63. The van der Waals surface area contributed by atoms with Crippen molar-refractivity contribution in [3.8, 4) is 0 Å². The van der Waals surface area contributed by atoms with Crippen molar-refractivity contribution in [1.29, 1.82) is 0 Å². The van der Waals surface area contributed by atoms with Crippen molar-refractivity contribution in [1.82, 2.24) is 9.55 Å². The van der Waals surface area contributed by atoms with Gasteiger partial charge < -0.3 is 10.7 Å². The van der Waals surface area contributed by atoms with Gasteiger partial charge in [-0.3, -0.25) is 9.36 Å². The normalized spacial score (nSPS) is 10.9. The van der Waals surface area contributed by atoms with Gasteiger partial charge in [0.25, 0.3) is 5.56 Å². The fourth-order valence-electron chi connectivity index (χ4n) is 1.68. The van der Waals surface area contributed by atoms with Gasteiger partial charge in [-0.05, 0) is 31.2 Å². The van der Waals surface area contributed by atoms with Gasteiger partial charge in [0, 0.05) is 11.6 Å². The highest BCUT2D eigenvalue weighted by Crippen LogP contribution is 2.13. The Kier molecular flexibility index (Phi) is 3.31. The fourth-order valence-corrected chi connectivity index (χ4v) is 1.85. The Balaban J connectivity index is 2.69. The van der Waals surface area contributed by atoms with Crippen molar-refractivity contribution < 1.29 is 0 Å². The van der Waals surface area contributed by atoms with E-state index in [0.29, 0.717) is 35.4 Å². The van der Waals surface area contributed by atoms with Crippen molar-refractivity contribution in [2.45, 2.75) is 13.0 Å². The van der Waals surface area contributed by atoms with E-state index in [0.717, 1.165) is 4.57 Å². The molecule has 1 heterocycles. The molecular formula is C11H12ClN3O2. The molecule has 2 aromatic rings. The highest BCUT2D eigenvalue weighted by Gasteiger charge is 2.07. The third-order valence-electron chi connectivity index (χ3n) is 2.53. The number of aromatic amines is 1. The molecule has 2 rings (SSSR count). The molecule has 17 heavy (non-hydrogen) atoms. The molecule has 5 nitrogen and oxygen atoms in total. The molecule has 0 fully saturated rings. The first kappa shape index (κ1) is 11.9. The van der Waals surface area contributed by atoms with Crippen LogP contribution in [0.1, 0.15) is 6.42 Å². The van der Waals surface area contributed by atoms with Crippen LogP contribution in [0.25, 0.3) is 10.9 Å². The number of nitrogens with two attached hydrogens (primary N) is 1. The van der Waals surface area contributed by atoms with E-state index in [1.807, 2.05) is 0 Å². The molecule has 0 saturated heterocycles. The second-order valence-corrected chi connectivity index (χ2v) is 4.16. The number of benzene rings is 1. The Morgan fingerprint density at radius 3 is 2.82 bits per heavy atom. The van der Waals surface area contributed by atoms with Crippen molar-refractivity contribution in [3.05, 3.63) is 44.1 Å². The number of fused-ring (bicyclic) bond motifs is 1. The Morgan fingerprint density at radius 2 is 2.12 bits per heavy atom. The Hall–Kier alpha value is -1.59. The summed E-state index contributed by atoms with van der Waals surface area (Å²) in [6.45, 7) is 0.743. The van der Waals surface area contributed by atoms with Crippen LogP contribution in [0.4, 0.5) is 0 Å². The van der Waals surface area contributed by atoms with E-state index in [9.17, 15) is 9.59 Å². The lowest BCUT2D eigenvalue weighted by molar-refractivity contribution is 0.603. The second kappa shape index (κ2) is 4.73. The van der Waals surface area contributed by atoms with Crippen LogP contribution < -0.4 is 17.0 Å². The number of nitrogens with one attached hydrogen (secondary N) is 1. The molecular weight excluding hydrogens is 242 g/mol. The highest BCUT2D eigenvalue weighted by molar-refractivity contribution is 6.31. The molecule has 0 aliphatic carbocycles. The first-order chi connectivity index (χ1) is 8.13. The van der Waals surface area contributed by atoms with E-state index >= 15 is 0 Å². The van der Waals surface area contributed by atoms with Gasteiger partial charge in [0.05, 0.1) is 10.9 Å². The molecule has 0 aliphatic heterocycles. The van der Waals surface area contributed by atoms with Gasteiger partial charge in [-0.25, -0.2) is 4.79 Å². The SMILES string of the molecule is NCCCn1c(=O)[nH]c2ccc(Cl)cc2c1=O. The maximum atomic E-state index is 12.1. The van der Waals surface area contributed by atoms with Gasteiger partial charge in [0.2, 0.25) is 0 Å². The summed E-state index contributed by atoms with van der Waals surface area (Å²) < 4.78 is 1.14. The molecule has 90 valence electrons. The zero-order valence-corrected chi connectivity index (χ0v) is 9.83. The van der Waals surface area contributed by atoms with Crippen LogP contribution in [0.5, 0.6) is 0 Å². The van der Waals surface area contributed by atoms with Crippen molar-refractivity contribution in [2.75, 3.05) is 6.54 Å². The van der Waals surface area contributed by atoms with Crippen molar-refractivity contribution in [2.24, 2.45) is 5.73 Å². The molecule has 0 bridgehead atoms. The summed E-state index contributed by atoms with van der Waals surface area (Å²) in [6, 6.07) is 4.80. The number of hydrogen-bond acceptors (Lipinski definition) is 3. The predicted octanol–water partition coefficient (Wildman–Crippen LogP) is 0.692. The second-order valence-electron chi connectivity index (χ2n) is 3.72. The molecule has 0 atom stereocenters. The lowest BCUT2D eigenvalue weighted by Gasteiger charge is -2.05. The van der Waals surface area contributed by atoms with Gasteiger partial charge in [-0.2, -0.15) is 0 Å². The molecule has 1 aromatic carbocycles. The summed E-state index contributed by atoms with van der Waals surface area (Å²) in [7, 11) is 0. The van der Waals surface area contributed by atoms with E-state index in [4.69, 9.17) is 17.3 Å². The Bertz CT molecular complexity index is 660. The standard InChI is InChI=1S/C11H12ClN3O2/c12-7-2-3-9-8(6-7)10(16)15(5-1-4-13)11(17)14-9/h2-3,6H,1,4-5,13H2,(H,14,17). The molecule has 0 amide bonds. The van der Waals surface area contributed by atoms with E-state index in [1.54, 1.807) is 18.2 Å². The minimum Gasteiger partial charge on any atom is -0.330 e. The fraction of sp³-hybridized carbons (Fsp3) is 0.273. The van der Waals surface area contributed by atoms with Crippen LogP contribution in [0.3, 0.4) is 0 Å². The Labute approximate surface area is 102 Å². The number of rotatable bonds is 3. The molecule has 0 unspecified atom stereocenters.